The van der Waals surface area contributed by atoms with E-state index in [1.165, 1.54) is 18.3 Å². The predicted octanol–water partition coefficient (Wildman–Crippen LogP) is 4.92. The molecule has 3 amide bonds. The summed E-state index contributed by atoms with van der Waals surface area (Å²) in [5, 5.41) is 10.0. The third kappa shape index (κ3) is 8.63. The molecule has 192 valence electrons. The molecule has 0 fully saturated rings. The van der Waals surface area contributed by atoms with Crippen molar-refractivity contribution in [2.45, 2.75) is 19.9 Å². The van der Waals surface area contributed by atoms with E-state index in [4.69, 9.17) is 27.9 Å². The Morgan fingerprint density at radius 3 is 2.32 bits per heavy atom. The zero-order valence-electron chi connectivity index (χ0n) is 20.2. The molecule has 3 aromatic carbocycles. The number of benzene rings is 3. The number of ether oxygens (including phenoxy) is 1. The van der Waals surface area contributed by atoms with Crippen molar-refractivity contribution in [3.05, 3.63) is 94.0 Å². The van der Waals surface area contributed by atoms with Crippen LogP contribution in [0.4, 0.5) is 5.69 Å². The number of anilines is 1. The van der Waals surface area contributed by atoms with E-state index in [0.29, 0.717) is 22.0 Å². The van der Waals surface area contributed by atoms with Gasteiger partial charge in [-0.2, -0.15) is 5.10 Å². The highest BCUT2D eigenvalue weighted by Crippen LogP contribution is 2.21. The van der Waals surface area contributed by atoms with Crippen molar-refractivity contribution in [2.75, 3.05) is 11.9 Å². The molecule has 37 heavy (non-hydrogen) atoms. The van der Waals surface area contributed by atoms with Gasteiger partial charge >= 0.3 is 0 Å². The lowest BCUT2D eigenvalue weighted by Crippen LogP contribution is -2.48. The lowest BCUT2D eigenvalue weighted by atomic mass is 10.0. The molecule has 3 aromatic rings. The van der Waals surface area contributed by atoms with Crippen LogP contribution in [0.5, 0.6) is 5.75 Å². The number of hydrogen-bond donors (Lipinski definition) is 3. The van der Waals surface area contributed by atoms with Gasteiger partial charge in [0.15, 0.2) is 6.61 Å². The molecule has 0 radical (unpaired) electrons. The smallest absolute Gasteiger partial charge is 0.262 e. The second-order valence-electron chi connectivity index (χ2n) is 8.33. The first kappa shape index (κ1) is 27.7. The Labute approximate surface area is 225 Å². The lowest BCUT2D eigenvalue weighted by molar-refractivity contribution is -0.124. The monoisotopic (exact) mass is 540 g/mol. The van der Waals surface area contributed by atoms with Crippen LogP contribution in [0.3, 0.4) is 0 Å². The maximum Gasteiger partial charge on any atom is 0.262 e. The predicted molar refractivity (Wildman–Crippen MR) is 145 cm³/mol. The van der Waals surface area contributed by atoms with Crippen molar-refractivity contribution in [1.82, 2.24) is 10.7 Å². The van der Waals surface area contributed by atoms with Gasteiger partial charge < -0.3 is 15.4 Å². The second kappa shape index (κ2) is 13.4. The van der Waals surface area contributed by atoms with E-state index < -0.39 is 17.9 Å². The van der Waals surface area contributed by atoms with Gasteiger partial charge in [0.2, 0.25) is 0 Å². The van der Waals surface area contributed by atoms with Gasteiger partial charge in [0.1, 0.15) is 11.8 Å². The zero-order chi connectivity index (χ0) is 26.8. The first-order valence-electron chi connectivity index (χ1n) is 11.4. The molecule has 0 aliphatic rings. The number of hydrazone groups is 1. The average molecular weight is 541 g/mol. The topological polar surface area (TPSA) is 109 Å². The number of rotatable bonds is 10. The minimum atomic E-state index is -0.839. The Morgan fingerprint density at radius 1 is 0.973 bits per heavy atom. The number of hydrogen-bond acceptors (Lipinski definition) is 5. The number of para-hydroxylation sites is 1. The largest absolute Gasteiger partial charge is 0.484 e. The van der Waals surface area contributed by atoms with Crippen molar-refractivity contribution in [3.63, 3.8) is 0 Å². The number of carbonyl (C=O) groups is 3. The summed E-state index contributed by atoms with van der Waals surface area (Å²) < 4.78 is 5.50. The van der Waals surface area contributed by atoms with Crippen LogP contribution >= 0.6 is 23.2 Å². The molecule has 0 aliphatic carbocycles. The first-order chi connectivity index (χ1) is 17.7. The van der Waals surface area contributed by atoms with Crippen molar-refractivity contribution < 1.29 is 19.1 Å². The van der Waals surface area contributed by atoms with E-state index in [9.17, 15) is 14.4 Å². The average Bonchev–Trinajstić information content (AvgIpc) is 2.87. The van der Waals surface area contributed by atoms with E-state index in [1.54, 1.807) is 56.3 Å². The summed E-state index contributed by atoms with van der Waals surface area (Å²) in [5.41, 5.74) is 4.05. The third-order valence-corrected chi connectivity index (χ3v) is 5.66. The van der Waals surface area contributed by atoms with E-state index in [2.05, 4.69) is 21.2 Å². The molecule has 0 spiro atoms. The summed E-state index contributed by atoms with van der Waals surface area (Å²) in [5.74, 6) is -0.945. The molecule has 0 saturated carbocycles. The van der Waals surface area contributed by atoms with E-state index in [0.717, 1.165) is 0 Å². The minimum absolute atomic E-state index is 0.137. The molecular formula is C27H26Cl2N4O4. The van der Waals surface area contributed by atoms with Crippen LogP contribution in [0.1, 0.15) is 29.8 Å². The van der Waals surface area contributed by atoms with Crippen LogP contribution in [0.25, 0.3) is 0 Å². The van der Waals surface area contributed by atoms with E-state index >= 15 is 0 Å². The second-order valence-corrected chi connectivity index (χ2v) is 9.17. The maximum atomic E-state index is 12.7. The molecule has 0 bridgehead atoms. The van der Waals surface area contributed by atoms with E-state index in [1.807, 2.05) is 18.2 Å². The van der Waals surface area contributed by atoms with E-state index in [-0.39, 0.29) is 29.0 Å². The summed E-state index contributed by atoms with van der Waals surface area (Å²) in [6.45, 7) is 3.47. The van der Waals surface area contributed by atoms with Gasteiger partial charge in [0, 0.05) is 10.7 Å². The Morgan fingerprint density at radius 2 is 1.68 bits per heavy atom. The fraction of sp³-hybridized carbons (Fsp3) is 0.185. The van der Waals surface area contributed by atoms with Crippen LogP contribution < -0.4 is 20.8 Å². The van der Waals surface area contributed by atoms with Gasteiger partial charge in [0.25, 0.3) is 17.7 Å². The van der Waals surface area contributed by atoms with Gasteiger partial charge in [0.05, 0.1) is 16.8 Å². The van der Waals surface area contributed by atoms with Crippen LogP contribution in [-0.4, -0.2) is 36.6 Å². The third-order valence-electron chi connectivity index (χ3n) is 5.11. The van der Waals surface area contributed by atoms with Crippen LogP contribution in [0, 0.1) is 5.92 Å². The molecule has 10 heteroatoms. The summed E-state index contributed by atoms with van der Waals surface area (Å²) in [7, 11) is 0. The number of amides is 3. The Hall–Kier alpha value is -3.88. The van der Waals surface area contributed by atoms with Crippen molar-refractivity contribution in [1.29, 1.82) is 0 Å². The van der Waals surface area contributed by atoms with Crippen LogP contribution in [0.2, 0.25) is 10.0 Å². The highest BCUT2D eigenvalue weighted by molar-refractivity contribution is 6.36. The lowest BCUT2D eigenvalue weighted by Gasteiger charge is -2.20. The quantitative estimate of drug-likeness (QED) is 0.250. The highest BCUT2D eigenvalue weighted by Gasteiger charge is 2.25. The minimum Gasteiger partial charge on any atom is -0.484 e. The summed E-state index contributed by atoms with van der Waals surface area (Å²) >= 11 is 12.0. The molecule has 0 heterocycles. The molecule has 0 aliphatic heterocycles. The van der Waals surface area contributed by atoms with Crippen LogP contribution in [-0.2, 0) is 9.59 Å². The number of carbonyl (C=O) groups excluding carboxylic acids is 3. The van der Waals surface area contributed by atoms with Gasteiger partial charge in [-0.05, 0) is 66.1 Å². The SMILES string of the molecule is CC(C)C(NC(=O)c1ccc(Cl)cc1Cl)C(=O)N/N=C\c1ccc(OCC(=O)Nc2ccccc2)cc1. The fourth-order valence-electron chi connectivity index (χ4n) is 3.19. The molecule has 1 unspecified atom stereocenters. The molecule has 0 saturated heterocycles. The molecule has 3 N–H and O–H groups in total. The Kier molecular flexibility index (Phi) is 10.1. The number of nitrogens with zero attached hydrogens (tertiary/aromatic N) is 1. The first-order valence-corrected chi connectivity index (χ1v) is 12.1. The maximum absolute atomic E-state index is 12.7. The van der Waals surface area contributed by atoms with Gasteiger partial charge in [-0.15, -0.1) is 0 Å². The summed E-state index contributed by atoms with van der Waals surface area (Å²) in [6.07, 6.45) is 1.46. The Bertz CT molecular complexity index is 1270. The van der Waals surface area contributed by atoms with Crippen LogP contribution in [0.15, 0.2) is 77.9 Å². The van der Waals surface area contributed by atoms with Gasteiger partial charge in [-0.25, -0.2) is 5.43 Å². The summed E-state index contributed by atoms with van der Waals surface area (Å²) in [4.78, 5) is 37.3. The molecule has 0 aromatic heterocycles. The summed E-state index contributed by atoms with van der Waals surface area (Å²) in [6, 6.07) is 19.6. The van der Waals surface area contributed by atoms with Gasteiger partial charge in [-0.1, -0.05) is 55.2 Å². The molecule has 1 atom stereocenters. The fourth-order valence-corrected chi connectivity index (χ4v) is 3.68. The Balaban J connectivity index is 1.50. The standard InChI is InChI=1S/C27H26Cl2N4O4/c1-17(2)25(32-26(35)22-13-10-19(28)14-23(22)29)27(36)33-30-15-18-8-11-21(12-9-18)37-16-24(34)31-20-6-4-3-5-7-20/h3-15,17,25H,16H2,1-2H3,(H,31,34)(H,32,35)(H,33,36)/b30-15-. The normalized spacial score (nSPS) is 11.7. The molecular weight excluding hydrogens is 515 g/mol. The van der Waals surface area contributed by atoms with Gasteiger partial charge in [-0.3, -0.25) is 14.4 Å². The van der Waals surface area contributed by atoms with Crippen molar-refractivity contribution in [2.24, 2.45) is 11.0 Å². The zero-order valence-corrected chi connectivity index (χ0v) is 21.7. The number of halogens is 2. The highest BCUT2D eigenvalue weighted by atomic mass is 35.5. The van der Waals surface area contributed by atoms with Crippen molar-refractivity contribution in [3.8, 4) is 5.75 Å². The molecule has 3 rings (SSSR count). The van der Waals surface area contributed by atoms with Crippen molar-refractivity contribution >= 4 is 52.8 Å². The molecule has 8 nitrogen and oxygen atoms in total. The number of nitrogens with one attached hydrogen (secondary N) is 3.